The van der Waals surface area contributed by atoms with Crippen molar-refractivity contribution < 1.29 is 9.18 Å². The number of benzene rings is 1. The van der Waals surface area contributed by atoms with Gasteiger partial charge in [0.25, 0.3) is 0 Å². The van der Waals surface area contributed by atoms with Gasteiger partial charge in [-0.15, -0.1) is 0 Å². The van der Waals surface area contributed by atoms with Crippen LogP contribution < -0.4 is 15.5 Å². The zero-order valence-electron chi connectivity index (χ0n) is 12.8. The van der Waals surface area contributed by atoms with E-state index >= 15 is 0 Å². The minimum atomic E-state index is -0.188. The second-order valence-corrected chi connectivity index (χ2v) is 5.44. The number of rotatable bonds is 5. The van der Waals surface area contributed by atoms with Gasteiger partial charge in [0.1, 0.15) is 5.82 Å². The fraction of sp³-hybridized carbons (Fsp3) is 0.562. The highest BCUT2D eigenvalue weighted by atomic mass is 19.1. The van der Waals surface area contributed by atoms with Gasteiger partial charge >= 0.3 is 0 Å². The van der Waals surface area contributed by atoms with Gasteiger partial charge in [0.05, 0.1) is 0 Å². The average molecular weight is 293 g/mol. The highest BCUT2D eigenvalue weighted by Gasteiger charge is 2.21. The summed E-state index contributed by atoms with van der Waals surface area (Å²) in [6.07, 6.45) is 1.46. The monoisotopic (exact) mass is 293 g/mol. The average Bonchev–Trinajstić information content (AvgIpc) is 2.69. The molecule has 0 saturated carbocycles. The second-order valence-electron chi connectivity index (χ2n) is 5.44. The van der Waals surface area contributed by atoms with Crippen LogP contribution in [0.5, 0.6) is 0 Å². The summed E-state index contributed by atoms with van der Waals surface area (Å²) in [6.45, 7) is 6.87. The van der Waals surface area contributed by atoms with Crippen molar-refractivity contribution in [3.05, 3.63) is 29.6 Å². The lowest BCUT2D eigenvalue weighted by atomic mass is 10.0. The minimum absolute atomic E-state index is 0.0481. The van der Waals surface area contributed by atoms with Gasteiger partial charge in [-0.2, -0.15) is 0 Å². The van der Waals surface area contributed by atoms with Gasteiger partial charge in [0, 0.05) is 43.3 Å². The Morgan fingerprint density at radius 1 is 1.43 bits per heavy atom. The third-order valence-electron chi connectivity index (χ3n) is 3.82. The van der Waals surface area contributed by atoms with Crippen molar-refractivity contribution in [1.29, 1.82) is 0 Å². The van der Waals surface area contributed by atoms with Crippen molar-refractivity contribution in [3.8, 4) is 0 Å². The quantitative estimate of drug-likeness (QED) is 0.875. The molecule has 0 radical (unpaired) electrons. The molecule has 1 aromatic rings. The Bertz CT molecular complexity index is 492. The lowest BCUT2D eigenvalue weighted by Crippen LogP contribution is -2.31. The molecular weight excluding hydrogens is 269 g/mol. The van der Waals surface area contributed by atoms with Crippen LogP contribution in [0.2, 0.25) is 0 Å². The molecule has 0 aromatic heterocycles. The van der Waals surface area contributed by atoms with E-state index in [2.05, 4.69) is 22.5 Å². The number of nitrogens with one attached hydrogen (secondary N) is 2. The van der Waals surface area contributed by atoms with E-state index in [0.717, 1.165) is 18.7 Å². The van der Waals surface area contributed by atoms with Gasteiger partial charge in [0.2, 0.25) is 5.91 Å². The van der Waals surface area contributed by atoms with Gasteiger partial charge in [-0.05, 0) is 32.0 Å². The largest absolute Gasteiger partial charge is 0.369 e. The standard InChI is InChI=1S/C16H24FN3O/c1-3-8-18-12(2)16-13(17)5-4-6-14(16)20-10-7-15(21)19-9-11-20/h4-6,12,18H,3,7-11H2,1-2H3,(H,19,21). The van der Waals surface area contributed by atoms with E-state index < -0.39 is 0 Å². The Morgan fingerprint density at radius 2 is 2.24 bits per heavy atom. The predicted octanol–water partition coefficient (Wildman–Crippen LogP) is 2.21. The van der Waals surface area contributed by atoms with E-state index in [-0.39, 0.29) is 17.8 Å². The van der Waals surface area contributed by atoms with Crippen LogP contribution in [0.4, 0.5) is 10.1 Å². The first kappa shape index (κ1) is 15.8. The molecular formula is C16H24FN3O. The van der Waals surface area contributed by atoms with E-state index in [1.807, 2.05) is 13.0 Å². The molecule has 1 heterocycles. The molecule has 0 bridgehead atoms. The van der Waals surface area contributed by atoms with Gasteiger partial charge in [-0.25, -0.2) is 4.39 Å². The van der Waals surface area contributed by atoms with E-state index in [4.69, 9.17) is 0 Å². The molecule has 1 atom stereocenters. The molecule has 5 heteroatoms. The number of halogens is 1. The van der Waals surface area contributed by atoms with Crippen LogP contribution in [0, 0.1) is 5.82 Å². The first-order chi connectivity index (χ1) is 10.1. The van der Waals surface area contributed by atoms with Crippen molar-refractivity contribution >= 4 is 11.6 Å². The number of anilines is 1. The molecule has 1 aliphatic rings. The normalized spacial score (nSPS) is 17.3. The van der Waals surface area contributed by atoms with Crippen LogP contribution in [0.3, 0.4) is 0 Å². The molecule has 1 saturated heterocycles. The lowest BCUT2D eigenvalue weighted by Gasteiger charge is -2.27. The topological polar surface area (TPSA) is 44.4 Å². The smallest absolute Gasteiger partial charge is 0.221 e. The molecule has 4 nitrogen and oxygen atoms in total. The second kappa shape index (κ2) is 7.41. The first-order valence-corrected chi connectivity index (χ1v) is 7.67. The number of carbonyl (C=O) groups excluding carboxylic acids is 1. The highest BCUT2D eigenvalue weighted by Crippen LogP contribution is 2.29. The van der Waals surface area contributed by atoms with Crippen molar-refractivity contribution in [3.63, 3.8) is 0 Å². The van der Waals surface area contributed by atoms with Crippen LogP contribution in [-0.2, 0) is 4.79 Å². The number of hydrogen-bond acceptors (Lipinski definition) is 3. The summed E-state index contributed by atoms with van der Waals surface area (Å²) in [5.41, 5.74) is 1.59. The lowest BCUT2D eigenvalue weighted by molar-refractivity contribution is -0.120. The van der Waals surface area contributed by atoms with Gasteiger partial charge in [0.15, 0.2) is 0 Å². The molecule has 1 unspecified atom stereocenters. The first-order valence-electron chi connectivity index (χ1n) is 7.67. The SMILES string of the molecule is CCCNC(C)c1c(F)cccc1N1CCNC(=O)CC1. The Morgan fingerprint density at radius 3 is 3.00 bits per heavy atom. The highest BCUT2D eigenvalue weighted by molar-refractivity contribution is 5.77. The van der Waals surface area contributed by atoms with Crippen LogP contribution in [-0.4, -0.2) is 32.1 Å². The summed E-state index contributed by atoms with van der Waals surface area (Å²) in [4.78, 5) is 13.6. The van der Waals surface area contributed by atoms with Crippen LogP contribution in [0.1, 0.15) is 38.3 Å². The summed E-state index contributed by atoms with van der Waals surface area (Å²) in [7, 11) is 0. The zero-order chi connectivity index (χ0) is 15.2. The summed E-state index contributed by atoms with van der Waals surface area (Å²) in [5.74, 6) is -0.125. The summed E-state index contributed by atoms with van der Waals surface area (Å²) in [6, 6.07) is 5.14. The third kappa shape index (κ3) is 3.94. The number of hydrogen-bond donors (Lipinski definition) is 2. The molecule has 0 aliphatic carbocycles. The Kier molecular flexibility index (Phi) is 5.56. The van der Waals surface area contributed by atoms with E-state index in [1.165, 1.54) is 6.07 Å². The Hall–Kier alpha value is -1.62. The van der Waals surface area contributed by atoms with Gasteiger partial charge < -0.3 is 15.5 Å². The molecule has 1 amide bonds. The zero-order valence-corrected chi connectivity index (χ0v) is 12.8. The molecule has 2 N–H and O–H groups in total. The van der Waals surface area contributed by atoms with Gasteiger partial charge in [-0.1, -0.05) is 13.0 Å². The predicted molar refractivity (Wildman–Crippen MR) is 82.9 cm³/mol. The Labute approximate surface area is 125 Å². The number of amides is 1. The molecule has 1 fully saturated rings. The van der Waals surface area contributed by atoms with Crippen LogP contribution >= 0.6 is 0 Å². The van der Waals surface area contributed by atoms with E-state index in [1.54, 1.807) is 6.07 Å². The van der Waals surface area contributed by atoms with Crippen molar-refractivity contribution in [2.45, 2.75) is 32.7 Å². The third-order valence-corrected chi connectivity index (χ3v) is 3.82. The molecule has 1 aliphatic heterocycles. The van der Waals surface area contributed by atoms with E-state index in [0.29, 0.717) is 31.6 Å². The van der Waals surface area contributed by atoms with Crippen molar-refractivity contribution in [2.24, 2.45) is 0 Å². The molecule has 1 aromatic carbocycles. The van der Waals surface area contributed by atoms with Crippen molar-refractivity contribution in [1.82, 2.24) is 10.6 Å². The maximum atomic E-state index is 14.3. The Balaban J connectivity index is 2.25. The van der Waals surface area contributed by atoms with Gasteiger partial charge in [-0.3, -0.25) is 4.79 Å². The van der Waals surface area contributed by atoms with E-state index in [9.17, 15) is 9.18 Å². The summed E-state index contributed by atoms with van der Waals surface area (Å²) >= 11 is 0. The minimum Gasteiger partial charge on any atom is -0.369 e. The van der Waals surface area contributed by atoms with Crippen LogP contribution in [0.25, 0.3) is 0 Å². The summed E-state index contributed by atoms with van der Waals surface area (Å²) < 4.78 is 14.3. The number of nitrogens with zero attached hydrogens (tertiary/aromatic N) is 1. The maximum absolute atomic E-state index is 14.3. The van der Waals surface area contributed by atoms with Crippen LogP contribution in [0.15, 0.2) is 18.2 Å². The molecule has 21 heavy (non-hydrogen) atoms. The number of carbonyl (C=O) groups is 1. The molecule has 2 rings (SSSR count). The molecule has 116 valence electrons. The summed E-state index contributed by atoms with van der Waals surface area (Å²) in [5, 5.41) is 6.20. The fourth-order valence-corrected chi connectivity index (χ4v) is 2.70. The maximum Gasteiger partial charge on any atom is 0.221 e. The van der Waals surface area contributed by atoms with Crippen molar-refractivity contribution in [2.75, 3.05) is 31.1 Å². The fourth-order valence-electron chi connectivity index (χ4n) is 2.70. The molecule has 0 spiro atoms.